The second kappa shape index (κ2) is 10.1. The van der Waals surface area contributed by atoms with Crippen molar-refractivity contribution >= 4 is 22.6 Å². The summed E-state index contributed by atoms with van der Waals surface area (Å²) in [5.41, 5.74) is 4.94. The Hall–Kier alpha value is -3.57. The van der Waals surface area contributed by atoms with Crippen LogP contribution in [-0.4, -0.2) is 19.6 Å². The first-order valence-electron chi connectivity index (χ1n) is 11.6. The molecule has 0 aliphatic carbocycles. The molecule has 0 fully saturated rings. The maximum atomic E-state index is 12.9. The van der Waals surface area contributed by atoms with E-state index < -0.39 is 0 Å². The summed E-state index contributed by atoms with van der Waals surface area (Å²) in [5.74, 6) is 0.575. The van der Waals surface area contributed by atoms with Gasteiger partial charge in [-0.25, -0.2) is 0 Å². The number of fused-ring (bicyclic) bond motifs is 1. The average molecular weight is 457 g/mol. The van der Waals surface area contributed by atoms with Gasteiger partial charge in [0.25, 0.3) is 5.91 Å². The van der Waals surface area contributed by atoms with Crippen molar-refractivity contribution < 1.29 is 13.9 Å². The van der Waals surface area contributed by atoms with E-state index in [1.165, 1.54) is 11.1 Å². The third kappa shape index (κ3) is 5.49. The predicted octanol–water partition coefficient (Wildman–Crippen LogP) is 6.32. The second-order valence-corrected chi connectivity index (χ2v) is 9.47. The van der Waals surface area contributed by atoms with E-state index in [9.17, 15) is 4.79 Å². The number of benzene rings is 3. The number of carbonyl (C=O) groups excluding carboxylic acids is 1. The van der Waals surface area contributed by atoms with Gasteiger partial charge >= 0.3 is 0 Å². The van der Waals surface area contributed by atoms with Crippen LogP contribution in [0.25, 0.3) is 11.0 Å². The lowest BCUT2D eigenvalue weighted by molar-refractivity contribution is 0.0998. The molecule has 5 nitrogen and oxygen atoms in total. The van der Waals surface area contributed by atoms with Crippen LogP contribution in [0.2, 0.25) is 0 Å². The summed E-state index contributed by atoms with van der Waals surface area (Å²) >= 11 is 0. The zero-order chi connectivity index (χ0) is 24.1. The highest BCUT2D eigenvalue weighted by molar-refractivity contribution is 6.05. The summed E-state index contributed by atoms with van der Waals surface area (Å²) in [4.78, 5) is 12.9. The van der Waals surface area contributed by atoms with Crippen LogP contribution < -0.4 is 15.4 Å². The lowest BCUT2D eigenvalue weighted by Gasteiger charge is -2.19. The molecule has 0 atom stereocenters. The van der Waals surface area contributed by atoms with E-state index in [1.807, 2.05) is 42.5 Å². The van der Waals surface area contributed by atoms with Gasteiger partial charge in [0.1, 0.15) is 0 Å². The number of amides is 1. The summed E-state index contributed by atoms with van der Waals surface area (Å²) in [5, 5.41) is 7.30. The predicted molar refractivity (Wildman–Crippen MR) is 138 cm³/mol. The van der Waals surface area contributed by atoms with Crippen LogP contribution in [0.1, 0.15) is 48.0 Å². The first-order valence-corrected chi connectivity index (χ1v) is 11.6. The van der Waals surface area contributed by atoms with Crippen molar-refractivity contribution in [3.63, 3.8) is 0 Å². The van der Waals surface area contributed by atoms with Crippen LogP contribution in [0.5, 0.6) is 5.75 Å². The summed E-state index contributed by atoms with van der Waals surface area (Å²) in [7, 11) is 1.60. The number of hydrogen-bond acceptors (Lipinski definition) is 4. The fraction of sp³-hybridized carbons (Fsp3) is 0.276. The minimum Gasteiger partial charge on any atom is -0.493 e. The van der Waals surface area contributed by atoms with Crippen LogP contribution in [0.15, 0.2) is 77.2 Å². The van der Waals surface area contributed by atoms with E-state index in [0.29, 0.717) is 17.9 Å². The molecule has 5 heteroatoms. The topological polar surface area (TPSA) is 63.5 Å². The van der Waals surface area contributed by atoms with E-state index in [4.69, 9.17) is 9.15 Å². The molecule has 0 saturated heterocycles. The molecule has 4 aromatic rings. The van der Waals surface area contributed by atoms with Gasteiger partial charge in [0.05, 0.1) is 7.11 Å². The number of furan rings is 1. The normalized spacial score (nSPS) is 11.5. The van der Waals surface area contributed by atoms with Crippen molar-refractivity contribution in [3.05, 3.63) is 95.2 Å². The smallest absolute Gasteiger partial charge is 0.291 e. The van der Waals surface area contributed by atoms with Gasteiger partial charge in [0, 0.05) is 17.6 Å². The number of rotatable bonds is 8. The average Bonchev–Trinajstić information content (AvgIpc) is 3.28. The molecular weight excluding hydrogens is 424 g/mol. The summed E-state index contributed by atoms with van der Waals surface area (Å²) in [6.45, 7) is 8.01. The molecular formula is C29H32N2O3. The minimum atomic E-state index is -0.287. The third-order valence-corrected chi connectivity index (χ3v) is 5.94. The highest BCUT2D eigenvalue weighted by atomic mass is 16.5. The van der Waals surface area contributed by atoms with Gasteiger partial charge in [-0.15, -0.1) is 0 Å². The molecule has 0 saturated carbocycles. The van der Waals surface area contributed by atoms with Crippen molar-refractivity contribution in [3.8, 4) is 5.75 Å². The van der Waals surface area contributed by atoms with Gasteiger partial charge in [-0.3, -0.25) is 4.79 Å². The molecule has 0 aliphatic rings. The van der Waals surface area contributed by atoms with Crippen LogP contribution in [0.4, 0.5) is 5.69 Å². The second-order valence-electron chi connectivity index (χ2n) is 9.47. The lowest BCUT2D eigenvalue weighted by atomic mass is 9.87. The molecule has 0 radical (unpaired) electrons. The van der Waals surface area contributed by atoms with Crippen LogP contribution in [-0.2, 0) is 18.4 Å². The Balaban J connectivity index is 1.48. The molecule has 0 spiro atoms. The van der Waals surface area contributed by atoms with Crippen LogP contribution >= 0.6 is 0 Å². The van der Waals surface area contributed by atoms with Crippen molar-refractivity contribution in [1.29, 1.82) is 0 Å². The monoisotopic (exact) mass is 456 g/mol. The zero-order valence-corrected chi connectivity index (χ0v) is 20.3. The largest absolute Gasteiger partial charge is 0.493 e. The SMILES string of the molecule is COc1ccc(CNCCc2ccccc2)c2cc(C(=O)Nc3ccc(C(C)(C)C)cc3)oc12. The molecule has 4 rings (SSSR count). The molecule has 1 amide bonds. The number of hydrogen-bond donors (Lipinski definition) is 2. The number of ether oxygens (including phenoxy) is 1. The van der Waals surface area contributed by atoms with E-state index in [1.54, 1.807) is 13.2 Å². The van der Waals surface area contributed by atoms with Crippen molar-refractivity contribution in [2.24, 2.45) is 0 Å². The van der Waals surface area contributed by atoms with Crippen molar-refractivity contribution in [2.45, 2.75) is 39.2 Å². The lowest BCUT2D eigenvalue weighted by Crippen LogP contribution is -2.16. The first kappa shape index (κ1) is 23.6. The van der Waals surface area contributed by atoms with E-state index in [0.717, 1.165) is 29.6 Å². The van der Waals surface area contributed by atoms with Gasteiger partial charge in [-0.05, 0) is 59.3 Å². The quantitative estimate of drug-likeness (QED) is 0.304. The highest BCUT2D eigenvalue weighted by Gasteiger charge is 2.18. The minimum absolute atomic E-state index is 0.0589. The van der Waals surface area contributed by atoms with Gasteiger partial charge in [-0.1, -0.05) is 69.3 Å². The van der Waals surface area contributed by atoms with E-state index >= 15 is 0 Å². The molecule has 1 heterocycles. The Morgan fingerprint density at radius 1 is 0.971 bits per heavy atom. The summed E-state index contributed by atoms with van der Waals surface area (Å²) in [6, 6.07) is 24.0. The Kier molecular flexibility index (Phi) is 7.03. The third-order valence-electron chi connectivity index (χ3n) is 5.94. The number of nitrogens with one attached hydrogen (secondary N) is 2. The molecule has 2 N–H and O–H groups in total. The van der Waals surface area contributed by atoms with Crippen LogP contribution in [0, 0.1) is 0 Å². The number of anilines is 1. The first-order chi connectivity index (χ1) is 16.3. The molecule has 3 aromatic carbocycles. The van der Waals surface area contributed by atoms with Gasteiger partial charge < -0.3 is 19.8 Å². The molecule has 0 unspecified atom stereocenters. The highest BCUT2D eigenvalue weighted by Crippen LogP contribution is 2.32. The Morgan fingerprint density at radius 3 is 2.38 bits per heavy atom. The van der Waals surface area contributed by atoms with Gasteiger partial charge in [-0.2, -0.15) is 0 Å². The van der Waals surface area contributed by atoms with E-state index in [-0.39, 0.29) is 17.1 Å². The van der Waals surface area contributed by atoms with Crippen molar-refractivity contribution in [2.75, 3.05) is 19.0 Å². The maximum Gasteiger partial charge on any atom is 0.291 e. The Bertz CT molecular complexity index is 1250. The zero-order valence-electron chi connectivity index (χ0n) is 20.3. The summed E-state index contributed by atoms with van der Waals surface area (Å²) < 4.78 is 11.4. The Morgan fingerprint density at radius 2 is 1.71 bits per heavy atom. The summed E-state index contributed by atoms with van der Waals surface area (Å²) in [6.07, 6.45) is 0.952. The Labute approximate surface area is 201 Å². The van der Waals surface area contributed by atoms with Gasteiger partial charge in [0.15, 0.2) is 17.1 Å². The molecule has 176 valence electrons. The molecule has 0 aliphatic heterocycles. The van der Waals surface area contributed by atoms with Crippen molar-refractivity contribution in [1.82, 2.24) is 5.32 Å². The molecule has 1 aromatic heterocycles. The maximum absolute atomic E-state index is 12.9. The fourth-order valence-corrected chi connectivity index (χ4v) is 3.93. The van der Waals surface area contributed by atoms with Crippen LogP contribution in [0.3, 0.4) is 0 Å². The number of methoxy groups -OCH3 is 1. The molecule has 34 heavy (non-hydrogen) atoms. The number of carbonyl (C=O) groups is 1. The van der Waals surface area contributed by atoms with Gasteiger partial charge in [0.2, 0.25) is 0 Å². The fourth-order valence-electron chi connectivity index (χ4n) is 3.93. The van der Waals surface area contributed by atoms with E-state index in [2.05, 4.69) is 55.7 Å². The standard InChI is InChI=1S/C29H32N2O3/c1-29(2,3)22-11-13-23(14-12-22)31-28(32)26-18-24-21(10-15-25(33-4)27(24)34-26)19-30-17-16-20-8-6-5-7-9-20/h5-15,18,30H,16-17,19H2,1-4H3,(H,31,32). The molecule has 0 bridgehead atoms.